The van der Waals surface area contributed by atoms with Crippen molar-refractivity contribution in [2.24, 2.45) is 18.7 Å². The maximum atomic E-state index is 12.3. The first-order valence-electron chi connectivity index (χ1n) is 6.51. The molecule has 2 N–H and O–H groups in total. The molecule has 20 heavy (non-hydrogen) atoms. The van der Waals surface area contributed by atoms with E-state index in [2.05, 4.69) is 12.0 Å². The molecular formula is C13H26Cl2N4O. The summed E-state index contributed by atoms with van der Waals surface area (Å²) in [5, 5.41) is 4.11. The van der Waals surface area contributed by atoms with E-state index in [1.165, 1.54) is 0 Å². The largest absolute Gasteiger partial charge is 0.337 e. The van der Waals surface area contributed by atoms with Crippen LogP contribution in [0.15, 0.2) is 12.4 Å². The Morgan fingerprint density at radius 2 is 2.05 bits per heavy atom. The second-order valence-electron chi connectivity index (χ2n) is 4.79. The van der Waals surface area contributed by atoms with E-state index in [4.69, 9.17) is 5.73 Å². The molecule has 0 fully saturated rings. The van der Waals surface area contributed by atoms with Gasteiger partial charge in [-0.1, -0.05) is 20.3 Å². The first kappa shape index (κ1) is 21.5. The number of carbonyl (C=O) groups excluding carboxylic acids is 1. The van der Waals surface area contributed by atoms with E-state index >= 15 is 0 Å². The SMILES string of the molecule is CCC(C)C(N)C(=O)N(CC)Cc1cnn(C)c1.Cl.Cl. The summed E-state index contributed by atoms with van der Waals surface area (Å²) in [5.74, 6) is 0.233. The zero-order valence-corrected chi connectivity index (χ0v) is 14.2. The molecule has 1 amide bonds. The van der Waals surface area contributed by atoms with Crippen molar-refractivity contribution >= 4 is 30.7 Å². The van der Waals surface area contributed by atoms with Gasteiger partial charge in [0.2, 0.25) is 5.91 Å². The predicted molar refractivity (Wildman–Crippen MR) is 86.2 cm³/mol. The second-order valence-corrected chi connectivity index (χ2v) is 4.79. The van der Waals surface area contributed by atoms with Crippen molar-refractivity contribution in [2.75, 3.05) is 6.54 Å². The van der Waals surface area contributed by atoms with E-state index in [0.29, 0.717) is 13.1 Å². The maximum Gasteiger partial charge on any atom is 0.240 e. The average molecular weight is 325 g/mol. The van der Waals surface area contributed by atoms with Crippen LogP contribution in [0.2, 0.25) is 0 Å². The smallest absolute Gasteiger partial charge is 0.240 e. The highest BCUT2D eigenvalue weighted by atomic mass is 35.5. The Morgan fingerprint density at radius 3 is 2.45 bits per heavy atom. The molecular weight excluding hydrogens is 299 g/mol. The van der Waals surface area contributed by atoms with Crippen molar-refractivity contribution in [3.8, 4) is 0 Å². The predicted octanol–water partition coefficient (Wildman–Crippen LogP) is 1.99. The Labute approximate surface area is 133 Å². The zero-order valence-electron chi connectivity index (χ0n) is 12.6. The van der Waals surface area contributed by atoms with Gasteiger partial charge in [-0.25, -0.2) is 0 Å². The van der Waals surface area contributed by atoms with Crippen molar-refractivity contribution < 1.29 is 4.79 Å². The molecule has 1 heterocycles. The maximum absolute atomic E-state index is 12.3. The number of amides is 1. The normalized spacial score (nSPS) is 12.8. The molecule has 2 atom stereocenters. The molecule has 1 aromatic heterocycles. The number of nitrogens with two attached hydrogens (primary N) is 1. The summed E-state index contributed by atoms with van der Waals surface area (Å²) in [6.45, 7) is 7.28. The molecule has 118 valence electrons. The Bertz CT molecular complexity index is 397. The van der Waals surface area contributed by atoms with E-state index in [0.717, 1.165) is 12.0 Å². The summed E-state index contributed by atoms with van der Waals surface area (Å²) in [5.41, 5.74) is 7.03. The number of halogens is 2. The lowest BCUT2D eigenvalue weighted by Crippen LogP contribution is -2.46. The van der Waals surface area contributed by atoms with Crippen LogP contribution in [0.3, 0.4) is 0 Å². The van der Waals surface area contributed by atoms with E-state index in [-0.39, 0.29) is 36.6 Å². The fourth-order valence-corrected chi connectivity index (χ4v) is 1.83. The van der Waals surface area contributed by atoms with Crippen LogP contribution in [0.4, 0.5) is 0 Å². The van der Waals surface area contributed by atoms with Crippen LogP contribution in [-0.2, 0) is 18.4 Å². The summed E-state index contributed by atoms with van der Waals surface area (Å²) in [7, 11) is 1.87. The third-order valence-corrected chi connectivity index (χ3v) is 3.37. The van der Waals surface area contributed by atoms with E-state index in [1.54, 1.807) is 15.8 Å². The summed E-state index contributed by atoms with van der Waals surface area (Å²) < 4.78 is 1.74. The number of carbonyl (C=O) groups is 1. The van der Waals surface area contributed by atoms with Crippen molar-refractivity contribution in [3.63, 3.8) is 0 Å². The Morgan fingerprint density at radius 1 is 1.45 bits per heavy atom. The summed E-state index contributed by atoms with van der Waals surface area (Å²) in [4.78, 5) is 14.0. The summed E-state index contributed by atoms with van der Waals surface area (Å²) in [6.07, 6.45) is 4.62. The van der Waals surface area contributed by atoms with Crippen LogP contribution in [0, 0.1) is 5.92 Å². The van der Waals surface area contributed by atoms with Crippen molar-refractivity contribution in [1.82, 2.24) is 14.7 Å². The van der Waals surface area contributed by atoms with Crippen LogP contribution in [0.1, 0.15) is 32.8 Å². The minimum atomic E-state index is -0.411. The van der Waals surface area contributed by atoms with Gasteiger partial charge in [0.05, 0.1) is 12.2 Å². The third kappa shape index (κ3) is 5.69. The van der Waals surface area contributed by atoms with Crippen molar-refractivity contribution in [1.29, 1.82) is 0 Å². The minimum absolute atomic E-state index is 0. The second kappa shape index (κ2) is 10.0. The molecule has 5 nitrogen and oxygen atoms in total. The van der Waals surface area contributed by atoms with E-state index < -0.39 is 6.04 Å². The fourth-order valence-electron chi connectivity index (χ4n) is 1.83. The standard InChI is InChI=1S/C13H24N4O.2ClH/c1-5-10(3)12(14)13(18)17(6-2)9-11-7-15-16(4)8-11;;/h7-8,10,12H,5-6,9,14H2,1-4H3;2*1H. The highest BCUT2D eigenvalue weighted by Crippen LogP contribution is 2.11. The third-order valence-electron chi connectivity index (χ3n) is 3.37. The van der Waals surface area contributed by atoms with Crippen LogP contribution in [0.25, 0.3) is 0 Å². The number of aryl methyl sites for hydroxylation is 1. The quantitative estimate of drug-likeness (QED) is 0.870. The minimum Gasteiger partial charge on any atom is -0.337 e. The monoisotopic (exact) mass is 324 g/mol. The first-order valence-corrected chi connectivity index (χ1v) is 6.51. The van der Waals surface area contributed by atoms with Gasteiger partial charge >= 0.3 is 0 Å². The molecule has 2 unspecified atom stereocenters. The van der Waals surface area contributed by atoms with Gasteiger partial charge in [0, 0.05) is 31.9 Å². The molecule has 1 aromatic rings. The van der Waals surface area contributed by atoms with Crippen LogP contribution in [0.5, 0.6) is 0 Å². The van der Waals surface area contributed by atoms with Gasteiger partial charge in [0.1, 0.15) is 0 Å². The summed E-state index contributed by atoms with van der Waals surface area (Å²) >= 11 is 0. The molecule has 0 radical (unpaired) electrons. The van der Waals surface area contributed by atoms with Crippen LogP contribution < -0.4 is 5.73 Å². The lowest BCUT2D eigenvalue weighted by Gasteiger charge is -2.26. The Hall–Kier alpha value is -0.780. The molecule has 0 saturated carbocycles. The molecule has 1 rings (SSSR count). The van der Waals surface area contributed by atoms with Gasteiger partial charge in [-0.3, -0.25) is 9.48 Å². The molecule has 7 heteroatoms. The average Bonchev–Trinajstić information content (AvgIpc) is 2.78. The highest BCUT2D eigenvalue weighted by Gasteiger charge is 2.24. The number of hydrogen-bond donors (Lipinski definition) is 1. The molecule has 0 aromatic carbocycles. The molecule has 0 spiro atoms. The van der Waals surface area contributed by atoms with Crippen molar-refractivity contribution in [2.45, 2.75) is 39.8 Å². The van der Waals surface area contributed by atoms with E-state index in [1.807, 2.05) is 27.1 Å². The van der Waals surface area contributed by atoms with Gasteiger partial charge in [-0.2, -0.15) is 5.10 Å². The number of aromatic nitrogens is 2. The fraction of sp³-hybridized carbons (Fsp3) is 0.692. The first-order chi connectivity index (χ1) is 8.49. The number of likely N-dealkylation sites (N-methyl/N-ethyl adjacent to an activating group) is 1. The van der Waals surface area contributed by atoms with Crippen molar-refractivity contribution in [3.05, 3.63) is 18.0 Å². The molecule has 0 bridgehead atoms. The molecule has 0 saturated heterocycles. The number of hydrogen-bond acceptors (Lipinski definition) is 3. The Balaban J connectivity index is 0. The van der Waals surface area contributed by atoms with Gasteiger partial charge in [-0.15, -0.1) is 24.8 Å². The number of nitrogens with zero attached hydrogens (tertiary/aromatic N) is 3. The zero-order chi connectivity index (χ0) is 13.7. The lowest BCUT2D eigenvalue weighted by molar-refractivity contribution is -0.134. The Kier molecular flexibility index (Phi) is 10.8. The van der Waals surface area contributed by atoms with Crippen LogP contribution in [-0.4, -0.2) is 33.2 Å². The molecule has 0 aliphatic carbocycles. The topological polar surface area (TPSA) is 64.2 Å². The van der Waals surface area contributed by atoms with E-state index in [9.17, 15) is 4.79 Å². The summed E-state index contributed by atoms with van der Waals surface area (Å²) in [6, 6.07) is -0.411. The molecule has 0 aliphatic heterocycles. The lowest BCUT2D eigenvalue weighted by atomic mass is 9.99. The number of rotatable bonds is 6. The van der Waals surface area contributed by atoms with Gasteiger partial charge in [0.25, 0.3) is 0 Å². The molecule has 0 aliphatic rings. The van der Waals surface area contributed by atoms with Gasteiger partial charge in [0.15, 0.2) is 0 Å². The van der Waals surface area contributed by atoms with Crippen LogP contribution >= 0.6 is 24.8 Å². The van der Waals surface area contributed by atoms with Gasteiger partial charge < -0.3 is 10.6 Å². The highest BCUT2D eigenvalue weighted by molar-refractivity contribution is 5.85. The van der Waals surface area contributed by atoms with Gasteiger partial charge in [-0.05, 0) is 12.8 Å².